The molecule has 0 spiro atoms. The maximum atomic E-state index is 12.9. The highest BCUT2D eigenvalue weighted by molar-refractivity contribution is 5.87. The third-order valence-electron chi connectivity index (χ3n) is 5.36. The van der Waals surface area contributed by atoms with Crippen molar-refractivity contribution in [2.24, 2.45) is 5.73 Å². The van der Waals surface area contributed by atoms with Gasteiger partial charge >= 0.3 is 0 Å². The number of ether oxygens (including phenoxy) is 1. The fourth-order valence-corrected chi connectivity index (χ4v) is 3.85. The Morgan fingerprint density at radius 2 is 1.88 bits per heavy atom. The van der Waals surface area contributed by atoms with Gasteiger partial charge in [-0.2, -0.15) is 0 Å². The van der Waals surface area contributed by atoms with Crippen LogP contribution in [0.2, 0.25) is 0 Å². The molecule has 0 bridgehead atoms. The molecule has 2 saturated heterocycles. The van der Waals surface area contributed by atoms with E-state index in [0.29, 0.717) is 12.1 Å². The third kappa shape index (κ3) is 3.63. The minimum Gasteiger partial charge on any atom is -0.376 e. The number of nitrogens with two attached hydrogens (primary N) is 1. The van der Waals surface area contributed by atoms with Crippen molar-refractivity contribution >= 4 is 5.91 Å². The van der Waals surface area contributed by atoms with E-state index in [9.17, 15) is 4.79 Å². The maximum Gasteiger partial charge on any atom is 0.246 e. The summed E-state index contributed by atoms with van der Waals surface area (Å²) in [7, 11) is 0. The van der Waals surface area contributed by atoms with Crippen LogP contribution in [0.4, 0.5) is 0 Å². The average Bonchev–Trinajstić information content (AvgIpc) is 2.62. The van der Waals surface area contributed by atoms with Crippen molar-refractivity contribution in [2.75, 3.05) is 32.8 Å². The highest BCUT2D eigenvalue weighted by Crippen LogP contribution is 2.25. The first-order chi connectivity index (χ1) is 11.5. The van der Waals surface area contributed by atoms with Gasteiger partial charge in [0.05, 0.1) is 12.7 Å². The van der Waals surface area contributed by atoms with Crippen molar-refractivity contribution in [1.29, 1.82) is 0 Å². The average molecular weight is 331 g/mol. The van der Waals surface area contributed by atoms with Crippen LogP contribution in [0.25, 0.3) is 0 Å². The molecule has 2 aliphatic rings. The Bertz CT molecular complexity index is 553. The van der Waals surface area contributed by atoms with Crippen LogP contribution < -0.4 is 5.73 Å². The van der Waals surface area contributed by atoms with Crippen LogP contribution in [0.1, 0.15) is 32.3 Å². The van der Waals surface area contributed by atoms with Gasteiger partial charge in [-0.25, -0.2) is 0 Å². The van der Waals surface area contributed by atoms with Crippen molar-refractivity contribution < 1.29 is 9.53 Å². The standard InChI is InChI=1S/C19H29N3O2/c1-15-14-22(12-13-24-15)17-8-10-21(11-9-17)18(23)19(2,20)16-6-4-3-5-7-16/h3-7,15,17H,8-14,20H2,1-2H3. The molecule has 132 valence electrons. The van der Waals surface area contributed by atoms with Gasteiger partial charge in [0.2, 0.25) is 5.91 Å². The number of carbonyl (C=O) groups excluding carboxylic acids is 1. The molecular formula is C19H29N3O2. The number of rotatable bonds is 3. The summed E-state index contributed by atoms with van der Waals surface area (Å²) in [5.41, 5.74) is 6.31. The minimum atomic E-state index is -0.957. The van der Waals surface area contributed by atoms with Crippen molar-refractivity contribution in [3.05, 3.63) is 35.9 Å². The summed E-state index contributed by atoms with van der Waals surface area (Å²) < 4.78 is 5.63. The van der Waals surface area contributed by atoms with E-state index in [4.69, 9.17) is 10.5 Å². The highest BCUT2D eigenvalue weighted by Gasteiger charge is 2.37. The van der Waals surface area contributed by atoms with Crippen molar-refractivity contribution in [3.63, 3.8) is 0 Å². The Morgan fingerprint density at radius 1 is 1.21 bits per heavy atom. The molecule has 2 N–H and O–H groups in total. The Morgan fingerprint density at radius 3 is 2.50 bits per heavy atom. The molecule has 3 rings (SSSR count). The van der Waals surface area contributed by atoms with E-state index in [0.717, 1.165) is 51.2 Å². The lowest BCUT2D eigenvalue weighted by Gasteiger charge is -2.43. The van der Waals surface area contributed by atoms with Gasteiger partial charge < -0.3 is 15.4 Å². The lowest BCUT2D eigenvalue weighted by atomic mass is 9.90. The largest absolute Gasteiger partial charge is 0.376 e. The number of benzene rings is 1. The molecule has 2 heterocycles. The summed E-state index contributed by atoms with van der Waals surface area (Å²) in [6.45, 7) is 8.34. The van der Waals surface area contributed by atoms with E-state index in [1.807, 2.05) is 42.2 Å². The molecule has 2 atom stereocenters. The number of morpholine rings is 1. The summed E-state index contributed by atoms with van der Waals surface area (Å²) in [5.74, 6) is 0.0301. The molecule has 0 aromatic heterocycles. The first-order valence-corrected chi connectivity index (χ1v) is 8.98. The number of hydrogen-bond donors (Lipinski definition) is 1. The van der Waals surface area contributed by atoms with Gasteiger partial charge in [0.1, 0.15) is 5.54 Å². The molecule has 0 aliphatic carbocycles. The van der Waals surface area contributed by atoms with Gasteiger partial charge in [-0.1, -0.05) is 30.3 Å². The predicted octanol–water partition coefficient (Wildman–Crippen LogP) is 1.57. The number of piperidine rings is 1. The van der Waals surface area contributed by atoms with E-state index in [1.54, 1.807) is 0 Å². The first-order valence-electron chi connectivity index (χ1n) is 8.98. The zero-order valence-corrected chi connectivity index (χ0v) is 14.8. The van der Waals surface area contributed by atoms with E-state index in [-0.39, 0.29) is 5.91 Å². The second kappa shape index (κ2) is 7.21. The molecule has 24 heavy (non-hydrogen) atoms. The van der Waals surface area contributed by atoms with Crippen LogP contribution in [-0.2, 0) is 15.1 Å². The van der Waals surface area contributed by atoms with Crippen molar-refractivity contribution in [1.82, 2.24) is 9.80 Å². The molecule has 1 aromatic rings. The number of hydrogen-bond acceptors (Lipinski definition) is 4. The monoisotopic (exact) mass is 331 g/mol. The normalized spacial score (nSPS) is 26.1. The second-order valence-corrected chi connectivity index (χ2v) is 7.27. The second-order valence-electron chi connectivity index (χ2n) is 7.27. The summed E-state index contributed by atoms with van der Waals surface area (Å²) in [6, 6.07) is 10.2. The molecule has 0 radical (unpaired) electrons. The Balaban J connectivity index is 1.59. The maximum absolute atomic E-state index is 12.9. The molecule has 2 aliphatic heterocycles. The molecule has 0 saturated carbocycles. The summed E-state index contributed by atoms with van der Waals surface area (Å²) in [4.78, 5) is 17.4. The van der Waals surface area contributed by atoms with Crippen molar-refractivity contribution in [3.8, 4) is 0 Å². The smallest absolute Gasteiger partial charge is 0.246 e. The Hall–Kier alpha value is -1.43. The number of nitrogens with zero attached hydrogens (tertiary/aromatic N) is 2. The van der Waals surface area contributed by atoms with Gasteiger partial charge in [0.15, 0.2) is 0 Å². The van der Waals surface area contributed by atoms with E-state index in [2.05, 4.69) is 11.8 Å². The fourth-order valence-electron chi connectivity index (χ4n) is 3.85. The van der Waals surface area contributed by atoms with E-state index >= 15 is 0 Å². The van der Waals surface area contributed by atoms with E-state index < -0.39 is 5.54 Å². The molecular weight excluding hydrogens is 302 g/mol. The Kier molecular flexibility index (Phi) is 5.23. The topological polar surface area (TPSA) is 58.8 Å². The van der Waals surface area contributed by atoms with Gasteiger partial charge in [-0.15, -0.1) is 0 Å². The minimum absolute atomic E-state index is 0.0301. The van der Waals surface area contributed by atoms with Gasteiger partial charge in [0, 0.05) is 32.2 Å². The SMILES string of the molecule is CC1CN(C2CCN(C(=O)C(C)(N)c3ccccc3)CC2)CCO1. The number of amides is 1. The fraction of sp³-hybridized carbons (Fsp3) is 0.632. The first kappa shape index (κ1) is 17.4. The van der Waals surface area contributed by atoms with E-state index in [1.165, 1.54) is 0 Å². The zero-order valence-electron chi connectivity index (χ0n) is 14.8. The lowest BCUT2D eigenvalue weighted by Crippen LogP contribution is -2.56. The zero-order chi connectivity index (χ0) is 17.2. The lowest BCUT2D eigenvalue weighted by molar-refractivity contribution is -0.139. The molecule has 2 fully saturated rings. The van der Waals surface area contributed by atoms with Gasteiger partial charge in [-0.3, -0.25) is 9.69 Å². The van der Waals surface area contributed by atoms with Crippen LogP contribution in [0.3, 0.4) is 0 Å². The van der Waals surface area contributed by atoms with Crippen LogP contribution in [0, 0.1) is 0 Å². The van der Waals surface area contributed by atoms with Crippen molar-refractivity contribution in [2.45, 2.75) is 44.4 Å². The number of carbonyl (C=O) groups is 1. The van der Waals surface area contributed by atoms with Gasteiger partial charge in [0.25, 0.3) is 0 Å². The molecule has 1 amide bonds. The molecule has 5 heteroatoms. The van der Waals surface area contributed by atoms with Gasteiger partial charge in [-0.05, 0) is 32.3 Å². The van der Waals surface area contributed by atoms with Crippen LogP contribution >= 0.6 is 0 Å². The molecule has 2 unspecified atom stereocenters. The third-order valence-corrected chi connectivity index (χ3v) is 5.36. The van der Waals surface area contributed by atoms with Crippen LogP contribution in [0.15, 0.2) is 30.3 Å². The number of likely N-dealkylation sites (tertiary alicyclic amines) is 1. The highest BCUT2D eigenvalue weighted by atomic mass is 16.5. The molecule has 1 aromatic carbocycles. The quantitative estimate of drug-likeness (QED) is 0.913. The predicted molar refractivity (Wildman–Crippen MR) is 94.6 cm³/mol. The summed E-state index contributed by atoms with van der Waals surface area (Å²) >= 11 is 0. The molecule has 5 nitrogen and oxygen atoms in total. The summed E-state index contributed by atoms with van der Waals surface area (Å²) in [6.07, 6.45) is 2.34. The Labute approximate surface area is 144 Å². The van der Waals surface area contributed by atoms with Crippen LogP contribution in [-0.4, -0.2) is 60.6 Å². The summed E-state index contributed by atoms with van der Waals surface area (Å²) in [5, 5.41) is 0. The van der Waals surface area contributed by atoms with Crippen LogP contribution in [0.5, 0.6) is 0 Å².